The molecule has 3 N–H and O–H groups in total. The highest BCUT2D eigenvalue weighted by Gasteiger charge is 2.44. The Bertz CT molecular complexity index is 1250. The molecule has 0 spiro atoms. The predicted octanol–water partition coefficient (Wildman–Crippen LogP) is 5.93. The molecule has 0 saturated heterocycles. The normalized spacial score (nSPS) is 17.4. The van der Waals surface area contributed by atoms with E-state index in [0.29, 0.717) is 33.3 Å². The summed E-state index contributed by atoms with van der Waals surface area (Å²) >= 11 is 5.99. The molecule has 1 aliphatic rings. The van der Waals surface area contributed by atoms with Gasteiger partial charge in [-0.3, -0.25) is 0 Å². The average Bonchev–Trinajstić information content (AvgIpc) is 3.15. The van der Waals surface area contributed by atoms with E-state index in [1.165, 1.54) is 4.90 Å². The van der Waals surface area contributed by atoms with Crippen LogP contribution < -0.4 is 10.5 Å². The summed E-state index contributed by atoms with van der Waals surface area (Å²) in [5.74, 6) is -0.00327. The monoisotopic (exact) mass is 560 g/mol. The number of benzene rings is 2. The lowest BCUT2D eigenvalue weighted by Crippen LogP contribution is -2.41. The molecule has 1 unspecified atom stereocenters. The number of hydrogen-bond acceptors (Lipinski definition) is 9. The van der Waals surface area contributed by atoms with E-state index in [2.05, 4.69) is 10.2 Å². The summed E-state index contributed by atoms with van der Waals surface area (Å²) in [4.78, 5) is 27.0. The van der Waals surface area contributed by atoms with Gasteiger partial charge in [-0.25, -0.2) is 9.59 Å². The van der Waals surface area contributed by atoms with Crippen LogP contribution in [0.2, 0.25) is 5.02 Å². The molecule has 0 aliphatic carbocycles. The summed E-state index contributed by atoms with van der Waals surface area (Å²) in [6, 6.07) is 9.93. The molecule has 0 saturated carbocycles. The number of carbonyl (C=O) groups excluding carboxylic acids is 2. The molecule has 0 fully saturated rings. The second-order valence-electron chi connectivity index (χ2n) is 11.5. The fourth-order valence-corrected chi connectivity index (χ4v) is 3.89. The van der Waals surface area contributed by atoms with Gasteiger partial charge in [-0.2, -0.15) is 10.2 Å². The quantitative estimate of drug-likeness (QED) is 0.302. The number of rotatable bonds is 8. The maximum Gasteiger partial charge on any atom is 0.410 e. The van der Waals surface area contributed by atoms with Crippen LogP contribution in [0, 0.1) is 0 Å². The van der Waals surface area contributed by atoms with Crippen molar-refractivity contribution in [1.82, 2.24) is 4.90 Å². The van der Waals surface area contributed by atoms with E-state index in [1.54, 1.807) is 84.9 Å². The van der Waals surface area contributed by atoms with Gasteiger partial charge < -0.3 is 30.0 Å². The number of anilines is 1. The van der Waals surface area contributed by atoms with Gasteiger partial charge in [-0.1, -0.05) is 23.7 Å². The highest BCUT2D eigenvalue weighted by molar-refractivity contribution is 6.33. The molecule has 1 aliphatic heterocycles. The van der Waals surface area contributed by atoms with E-state index >= 15 is 0 Å². The molecular formula is C28H37ClN4O6. The van der Waals surface area contributed by atoms with E-state index in [4.69, 9.17) is 31.5 Å². The topological polar surface area (TPSA) is 136 Å². The maximum atomic E-state index is 12.9. The largest absolute Gasteiger partial charge is 0.492 e. The van der Waals surface area contributed by atoms with Gasteiger partial charge in [0.25, 0.3) is 0 Å². The van der Waals surface area contributed by atoms with Crippen molar-refractivity contribution in [3.05, 3.63) is 52.5 Å². The number of hydrogen-bond donors (Lipinski definition) is 2. The number of fused-ring (bicyclic) bond motifs is 1. The fourth-order valence-electron chi connectivity index (χ4n) is 3.77. The van der Waals surface area contributed by atoms with Crippen molar-refractivity contribution < 1.29 is 28.9 Å². The van der Waals surface area contributed by atoms with E-state index in [1.807, 2.05) is 0 Å². The molecule has 0 bridgehead atoms. The van der Waals surface area contributed by atoms with Crippen molar-refractivity contribution in [3.8, 4) is 5.75 Å². The number of halogens is 1. The standard InChI is InChI=1S/C28H37ClN4O6/c1-26(2,3)38-24(35)28(7)19-10-9-18(15-22(19)31-32-28)37-13-12-33(25(36)39-27(4,5)6)16-23(34)17-8-11-20(29)21(30)14-17/h8-11,14-15,23,34H,12-13,16,30H2,1-7H3/t23?,28-/m1/s1. The van der Waals surface area contributed by atoms with Crippen LogP contribution in [-0.4, -0.2) is 53.0 Å². The second-order valence-corrected chi connectivity index (χ2v) is 11.9. The minimum absolute atomic E-state index is 0.0496. The van der Waals surface area contributed by atoms with Crippen LogP contribution in [0.25, 0.3) is 0 Å². The number of aliphatic hydroxyl groups excluding tert-OH is 1. The number of nitrogen functional groups attached to an aromatic ring is 1. The third-order valence-electron chi connectivity index (χ3n) is 5.73. The molecule has 3 rings (SSSR count). The number of azo groups is 1. The summed E-state index contributed by atoms with van der Waals surface area (Å²) in [7, 11) is 0. The van der Waals surface area contributed by atoms with Crippen LogP contribution in [0.5, 0.6) is 5.75 Å². The minimum atomic E-state index is -1.24. The summed E-state index contributed by atoms with van der Waals surface area (Å²) in [5.41, 5.74) is 5.21. The van der Waals surface area contributed by atoms with Crippen molar-refractivity contribution >= 4 is 35.0 Å². The van der Waals surface area contributed by atoms with Crippen molar-refractivity contribution in [3.63, 3.8) is 0 Å². The molecule has 1 heterocycles. The number of amides is 1. The van der Waals surface area contributed by atoms with E-state index in [9.17, 15) is 14.7 Å². The van der Waals surface area contributed by atoms with Crippen LogP contribution in [0.1, 0.15) is 65.7 Å². The second kappa shape index (κ2) is 11.4. The van der Waals surface area contributed by atoms with Gasteiger partial charge in [0.2, 0.25) is 5.54 Å². The predicted molar refractivity (Wildman–Crippen MR) is 148 cm³/mol. The van der Waals surface area contributed by atoms with Crippen molar-refractivity contribution in [2.75, 3.05) is 25.4 Å². The van der Waals surface area contributed by atoms with E-state index < -0.39 is 34.9 Å². The van der Waals surface area contributed by atoms with Gasteiger partial charge in [-0.05, 0) is 72.2 Å². The number of aliphatic hydroxyl groups is 1. The molecule has 212 valence electrons. The lowest BCUT2D eigenvalue weighted by molar-refractivity contribution is -0.161. The first kappa shape index (κ1) is 30.2. The third kappa shape index (κ3) is 7.83. The van der Waals surface area contributed by atoms with Crippen LogP contribution >= 0.6 is 11.6 Å². The summed E-state index contributed by atoms with van der Waals surface area (Å²) in [6.45, 7) is 12.5. The van der Waals surface area contributed by atoms with Crippen LogP contribution in [0.3, 0.4) is 0 Å². The van der Waals surface area contributed by atoms with Gasteiger partial charge in [0.15, 0.2) is 0 Å². The Balaban J connectivity index is 1.69. The zero-order valence-corrected chi connectivity index (χ0v) is 24.2. The Labute approximate surface area is 234 Å². The fraction of sp³-hybridized carbons (Fsp3) is 0.500. The molecule has 39 heavy (non-hydrogen) atoms. The first-order chi connectivity index (χ1) is 18.0. The van der Waals surface area contributed by atoms with Crippen LogP contribution in [-0.2, 0) is 19.8 Å². The summed E-state index contributed by atoms with van der Waals surface area (Å²) < 4.78 is 16.9. The first-order valence-corrected chi connectivity index (χ1v) is 13.0. The van der Waals surface area contributed by atoms with Crippen molar-refractivity contribution in [2.45, 2.75) is 71.3 Å². The van der Waals surface area contributed by atoms with Gasteiger partial charge in [0.1, 0.15) is 23.6 Å². The highest BCUT2D eigenvalue weighted by atomic mass is 35.5. The van der Waals surface area contributed by atoms with Crippen molar-refractivity contribution in [2.24, 2.45) is 10.2 Å². The van der Waals surface area contributed by atoms with Gasteiger partial charge >= 0.3 is 12.1 Å². The number of carbonyl (C=O) groups is 2. The number of nitrogens with zero attached hydrogens (tertiary/aromatic N) is 3. The molecule has 10 nitrogen and oxygen atoms in total. The molecule has 2 aromatic rings. The molecule has 11 heteroatoms. The van der Waals surface area contributed by atoms with Gasteiger partial charge in [0.05, 0.1) is 35.6 Å². The molecular weight excluding hydrogens is 524 g/mol. The van der Waals surface area contributed by atoms with E-state index in [0.717, 1.165) is 0 Å². The Morgan fingerprint density at radius 3 is 2.36 bits per heavy atom. The lowest BCUT2D eigenvalue weighted by atomic mass is 9.92. The Morgan fingerprint density at radius 2 is 1.74 bits per heavy atom. The Kier molecular flexibility index (Phi) is 8.82. The Morgan fingerprint density at radius 1 is 1.08 bits per heavy atom. The zero-order valence-electron chi connectivity index (χ0n) is 23.4. The maximum absolute atomic E-state index is 12.9. The first-order valence-electron chi connectivity index (χ1n) is 12.6. The number of nitrogens with two attached hydrogens (primary N) is 1. The van der Waals surface area contributed by atoms with Gasteiger partial charge in [-0.15, -0.1) is 0 Å². The summed E-state index contributed by atoms with van der Waals surface area (Å²) in [5, 5.41) is 19.5. The molecule has 2 aromatic carbocycles. The van der Waals surface area contributed by atoms with Crippen LogP contribution in [0.4, 0.5) is 16.2 Å². The minimum Gasteiger partial charge on any atom is -0.492 e. The molecule has 1 amide bonds. The zero-order chi connectivity index (χ0) is 29.2. The Hall–Kier alpha value is -3.37. The lowest BCUT2D eigenvalue weighted by Gasteiger charge is -2.29. The average molecular weight is 561 g/mol. The van der Waals surface area contributed by atoms with Crippen LogP contribution in [0.15, 0.2) is 46.6 Å². The highest BCUT2D eigenvalue weighted by Crippen LogP contribution is 2.43. The smallest absolute Gasteiger partial charge is 0.410 e. The molecule has 2 atom stereocenters. The molecule has 0 radical (unpaired) electrons. The number of ether oxygens (including phenoxy) is 3. The van der Waals surface area contributed by atoms with E-state index in [-0.39, 0.29) is 19.7 Å². The summed E-state index contributed by atoms with van der Waals surface area (Å²) in [6.07, 6.45) is -1.62. The molecule has 0 aromatic heterocycles. The SMILES string of the molecule is CC(C)(C)OC(=O)N(CCOc1ccc2c(c1)N=N[C@@]2(C)C(=O)OC(C)(C)C)CC(O)c1ccc(Cl)c(N)c1. The van der Waals surface area contributed by atoms with Gasteiger partial charge in [0, 0.05) is 11.6 Å². The third-order valence-corrected chi connectivity index (χ3v) is 6.07. The van der Waals surface area contributed by atoms with Crippen molar-refractivity contribution in [1.29, 1.82) is 0 Å². The number of esters is 1.